The molecular formula is C31H41F2NO13S. The van der Waals surface area contributed by atoms with Gasteiger partial charge < -0.3 is 43.0 Å². The van der Waals surface area contributed by atoms with E-state index in [1.54, 1.807) is 48.5 Å². The second-order valence-corrected chi connectivity index (χ2v) is 14.1. The third-order valence-corrected chi connectivity index (χ3v) is 8.75. The first kappa shape index (κ1) is 37.6. The molecule has 14 nitrogen and oxygen atoms in total. The third kappa shape index (κ3) is 9.05. The number of benzene rings is 1. The summed E-state index contributed by atoms with van der Waals surface area (Å²) in [5.41, 5.74) is -2.51. The molecular weight excluding hydrogens is 664 g/mol. The third-order valence-electron chi connectivity index (χ3n) is 7.63. The SMILES string of the molecule is CC(C)OC(=O)OCOC(=O)[C@H]1[C@@H]2[C@H](O)[C@@H](CSc3ccc(F)c(F)c3)[C@@](NC3OC3OC(C)(C)C)(C(=O)OCOC(=O)OC(C)C)[C@H]12. The van der Waals surface area contributed by atoms with Gasteiger partial charge in [0.1, 0.15) is 5.54 Å². The van der Waals surface area contributed by atoms with Crippen LogP contribution >= 0.6 is 11.8 Å². The number of aliphatic hydroxyl groups excluding tert-OH is 1. The van der Waals surface area contributed by atoms with Crippen molar-refractivity contribution in [3.63, 3.8) is 0 Å². The lowest BCUT2D eigenvalue weighted by molar-refractivity contribution is -0.168. The van der Waals surface area contributed by atoms with E-state index in [1.807, 2.05) is 0 Å². The van der Waals surface area contributed by atoms with Crippen molar-refractivity contribution < 1.29 is 71.0 Å². The van der Waals surface area contributed by atoms with E-state index >= 15 is 0 Å². The minimum absolute atomic E-state index is 0.0407. The Hall–Kier alpha value is -3.25. The molecule has 0 spiro atoms. The normalized spacial score (nSPS) is 28.8. The van der Waals surface area contributed by atoms with Crippen LogP contribution < -0.4 is 5.32 Å². The van der Waals surface area contributed by atoms with Crippen LogP contribution in [0.15, 0.2) is 23.1 Å². The second-order valence-electron chi connectivity index (χ2n) is 13.0. The van der Waals surface area contributed by atoms with Gasteiger partial charge in [-0.25, -0.2) is 23.2 Å². The number of carbonyl (C=O) groups is 4. The lowest BCUT2D eigenvalue weighted by atomic mass is 9.80. The smallest absolute Gasteiger partial charge is 0.431 e. The first-order valence-corrected chi connectivity index (χ1v) is 16.3. The molecule has 1 aliphatic heterocycles. The molecule has 1 heterocycles. The summed E-state index contributed by atoms with van der Waals surface area (Å²) < 4.78 is 69.1. The monoisotopic (exact) mass is 705 g/mol. The summed E-state index contributed by atoms with van der Waals surface area (Å²) in [6, 6.07) is 3.27. The number of hydrogen-bond acceptors (Lipinski definition) is 15. The van der Waals surface area contributed by atoms with Crippen molar-refractivity contribution in [1.82, 2.24) is 5.32 Å². The Bertz CT molecular complexity index is 1360. The first-order chi connectivity index (χ1) is 22.4. The maximum Gasteiger partial charge on any atom is 0.511 e. The van der Waals surface area contributed by atoms with Crippen molar-refractivity contribution in [2.75, 3.05) is 19.3 Å². The molecule has 17 heteroatoms. The maximum absolute atomic E-state index is 14.1. The van der Waals surface area contributed by atoms with E-state index < -0.39 is 115 Å². The Morgan fingerprint density at radius 3 is 2.12 bits per heavy atom. The number of aliphatic hydroxyl groups is 1. The van der Waals surface area contributed by atoms with Crippen molar-refractivity contribution >= 4 is 36.0 Å². The molecule has 1 aromatic rings. The average Bonchev–Trinajstić information content (AvgIpc) is 3.86. The number of rotatable bonds is 14. The summed E-state index contributed by atoms with van der Waals surface area (Å²) in [4.78, 5) is 51.3. The van der Waals surface area contributed by atoms with Gasteiger partial charge in [0.15, 0.2) is 24.2 Å². The van der Waals surface area contributed by atoms with Gasteiger partial charge in [0, 0.05) is 28.4 Å². The quantitative estimate of drug-likeness (QED) is 0.0937. The van der Waals surface area contributed by atoms with Gasteiger partial charge in [0.25, 0.3) is 0 Å². The molecule has 1 aromatic carbocycles. The summed E-state index contributed by atoms with van der Waals surface area (Å²) in [7, 11) is 0. The summed E-state index contributed by atoms with van der Waals surface area (Å²) in [6.07, 6.45) is -6.17. The predicted octanol–water partition coefficient (Wildman–Crippen LogP) is 3.86. The zero-order chi connectivity index (χ0) is 35.6. The van der Waals surface area contributed by atoms with Crippen LogP contribution in [0.3, 0.4) is 0 Å². The summed E-state index contributed by atoms with van der Waals surface area (Å²) in [6.45, 7) is 10.1. The molecule has 8 atom stereocenters. The van der Waals surface area contributed by atoms with Crippen LogP contribution in [0.25, 0.3) is 0 Å². The fourth-order valence-electron chi connectivity index (χ4n) is 5.78. The minimum atomic E-state index is -1.87. The van der Waals surface area contributed by atoms with Crippen LogP contribution in [0, 0.1) is 35.3 Å². The first-order valence-electron chi connectivity index (χ1n) is 15.3. The fourth-order valence-corrected chi connectivity index (χ4v) is 6.96. The van der Waals surface area contributed by atoms with Gasteiger partial charge in [0.2, 0.25) is 13.6 Å². The van der Waals surface area contributed by atoms with E-state index in [1.165, 1.54) is 6.07 Å². The Morgan fingerprint density at radius 1 is 0.958 bits per heavy atom. The van der Waals surface area contributed by atoms with Crippen molar-refractivity contribution in [2.24, 2.45) is 23.7 Å². The van der Waals surface area contributed by atoms with Gasteiger partial charge in [-0.15, -0.1) is 11.8 Å². The molecule has 268 valence electrons. The number of fused-ring (bicyclic) bond motifs is 1. The van der Waals surface area contributed by atoms with Crippen LogP contribution in [0.5, 0.6) is 0 Å². The Morgan fingerprint density at radius 2 is 1.56 bits per heavy atom. The summed E-state index contributed by atoms with van der Waals surface area (Å²) >= 11 is 1.03. The number of epoxide rings is 1. The zero-order valence-corrected chi connectivity index (χ0v) is 28.4. The van der Waals surface area contributed by atoms with Crippen LogP contribution in [-0.2, 0) is 47.5 Å². The predicted molar refractivity (Wildman–Crippen MR) is 160 cm³/mol. The molecule has 1 saturated heterocycles. The topological polar surface area (TPSA) is 178 Å². The molecule has 0 aromatic heterocycles. The molecule has 2 N–H and O–H groups in total. The van der Waals surface area contributed by atoms with E-state index in [4.69, 9.17) is 37.9 Å². The Balaban J connectivity index is 1.60. The van der Waals surface area contributed by atoms with Crippen molar-refractivity contribution in [3.05, 3.63) is 29.8 Å². The number of nitrogens with one attached hydrogen (secondary N) is 1. The molecule has 0 radical (unpaired) electrons. The van der Waals surface area contributed by atoms with E-state index in [0.717, 1.165) is 23.9 Å². The second kappa shape index (κ2) is 15.1. The van der Waals surface area contributed by atoms with Gasteiger partial charge in [-0.3, -0.25) is 10.1 Å². The highest BCUT2D eigenvalue weighted by Crippen LogP contribution is 2.66. The number of esters is 2. The lowest BCUT2D eigenvalue weighted by Gasteiger charge is -2.38. The summed E-state index contributed by atoms with van der Waals surface area (Å²) in [5, 5.41) is 14.7. The maximum atomic E-state index is 14.1. The number of carbonyl (C=O) groups excluding carboxylic acids is 4. The molecule has 0 amide bonds. The van der Waals surface area contributed by atoms with Gasteiger partial charge in [0.05, 0.1) is 29.8 Å². The molecule has 3 fully saturated rings. The number of thioether (sulfide) groups is 1. The van der Waals surface area contributed by atoms with Gasteiger partial charge in [-0.05, 0) is 66.7 Å². The van der Waals surface area contributed by atoms with Crippen LogP contribution in [0.1, 0.15) is 48.5 Å². The summed E-state index contributed by atoms with van der Waals surface area (Å²) in [5.74, 6) is -7.92. The van der Waals surface area contributed by atoms with Crippen molar-refractivity contribution in [1.29, 1.82) is 0 Å². The van der Waals surface area contributed by atoms with Gasteiger partial charge in [-0.2, -0.15) is 0 Å². The van der Waals surface area contributed by atoms with Crippen molar-refractivity contribution in [2.45, 2.75) is 95.3 Å². The molecule has 48 heavy (non-hydrogen) atoms. The number of halogens is 2. The fraction of sp³-hybridized carbons (Fsp3) is 0.677. The highest BCUT2D eigenvalue weighted by molar-refractivity contribution is 7.99. The number of ether oxygens (including phenoxy) is 8. The van der Waals surface area contributed by atoms with Crippen molar-refractivity contribution in [3.8, 4) is 0 Å². The van der Waals surface area contributed by atoms with Gasteiger partial charge in [-0.1, -0.05) is 0 Å². The standard InChI is InChI=1S/C31H41F2NO13S/c1-14(2)44-28(38)42-12-40-25(36)21-20-22(21)31(34-24-26(46-24)47-30(5,6)7,27(37)41-13-43-29(39)45-15(3)4)17(23(20)35)11-48-16-8-9-18(32)19(33)10-16/h8-10,14-15,17,20-24,26,34-35H,11-13H2,1-7H3/t17-,20+,21+,22+,23-,24?,26?,31+/m1/s1. The largest absolute Gasteiger partial charge is 0.511 e. The van der Waals surface area contributed by atoms with Crippen LogP contribution in [-0.4, -0.2) is 90.7 Å². The van der Waals surface area contributed by atoms with E-state index in [-0.39, 0.29) is 5.75 Å². The lowest BCUT2D eigenvalue weighted by Crippen LogP contribution is -2.63. The molecule has 2 unspecified atom stereocenters. The molecule has 4 rings (SSSR count). The molecule has 2 saturated carbocycles. The molecule has 2 aliphatic carbocycles. The Kier molecular flexibility index (Phi) is 11.8. The average molecular weight is 706 g/mol. The molecule has 0 bridgehead atoms. The van der Waals surface area contributed by atoms with Gasteiger partial charge >= 0.3 is 24.2 Å². The molecule has 3 aliphatic rings. The highest BCUT2D eigenvalue weighted by Gasteiger charge is 2.80. The van der Waals surface area contributed by atoms with E-state index in [0.29, 0.717) is 4.90 Å². The highest BCUT2D eigenvalue weighted by atomic mass is 32.2. The van der Waals surface area contributed by atoms with E-state index in [2.05, 4.69) is 5.32 Å². The van der Waals surface area contributed by atoms with E-state index in [9.17, 15) is 33.1 Å². The minimum Gasteiger partial charge on any atom is -0.431 e. The Labute approximate surface area is 280 Å². The van der Waals surface area contributed by atoms with Crippen LogP contribution in [0.2, 0.25) is 0 Å². The number of hydrogen-bond donors (Lipinski definition) is 2. The van der Waals surface area contributed by atoms with Crippen LogP contribution in [0.4, 0.5) is 18.4 Å². The zero-order valence-electron chi connectivity index (χ0n) is 27.6.